The van der Waals surface area contributed by atoms with E-state index < -0.39 is 12.1 Å². The lowest BCUT2D eigenvalue weighted by atomic mass is 9.80. The van der Waals surface area contributed by atoms with Gasteiger partial charge >= 0.3 is 5.97 Å². The molecule has 2 unspecified atom stereocenters. The van der Waals surface area contributed by atoms with E-state index in [1.54, 1.807) is 0 Å². The van der Waals surface area contributed by atoms with Gasteiger partial charge in [0, 0.05) is 12.5 Å². The number of nitriles is 1. The quantitative estimate of drug-likeness (QED) is 0.675. The molecule has 0 radical (unpaired) electrons. The maximum atomic E-state index is 10.6. The largest absolute Gasteiger partial charge is 0.481 e. The van der Waals surface area contributed by atoms with Crippen LogP contribution < -0.4 is 0 Å². The molecule has 0 bridgehead atoms. The summed E-state index contributed by atoms with van der Waals surface area (Å²) >= 11 is 0. The maximum absolute atomic E-state index is 10.6. The average molecular weight is 373 g/mol. The summed E-state index contributed by atoms with van der Waals surface area (Å²) in [5, 5.41) is 28.7. The predicted octanol–water partition coefficient (Wildman–Crippen LogP) is 3.86. The fourth-order valence-electron chi connectivity index (χ4n) is 4.00. The Morgan fingerprint density at radius 1 is 1.26 bits per heavy atom. The van der Waals surface area contributed by atoms with E-state index in [2.05, 4.69) is 51.1 Å². The van der Waals surface area contributed by atoms with Gasteiger partial charge < -0.3 is 14.9 Å². The summed E-state index contributed by atoms with van der Waals surface area (Å²) in [6, 6.07) is 10.8. The maximum Gasteiger partial charge on any atom is 0.305 e. The molecule has 27 heavy (non-hydrogen) atoms. The van der Waals surface area contributed by atoms with E-state index in [-0.39, 0.29) is 36.2 Å². The van der Waals surface area contributed by atoms with Gasteiger partial charge in [0.05, 0.1) is 31.1 Å². The van der Waals surface area contributed by atoms with Crippen molar-refractivity contribution in [3.63, 3.8) is 0 Å². The van der Waals surface area contributed by atoms with Crippen molar-refractivity contribution in [3.05, 3.63) is 35.4 Å². The molecule has 148 valence electrons. The molecule has 1 aliphatic carbocycles. The molecule has 1 aliphatic rings. The standard InChI is InChI=1S/C22H31NO4/c1-22(2,3)17-8-6-15(7-9-17)21-18(16(14-23)13-19(21)24)5-4-11-27-12-10-20(25)26/h6-9,16,18-19,21,24H,4-5,10-13H2,1-3H3,(H,25,26)/t16-,18?,19+,21?/m0/s1. The van der Waals surface area contributed by atoms with E-state index in [1.807, 2.05) is 0 Å². The summed E-state index contributed by atoms with van der Waals surface area (Å²) in [5.41, 5.74) is 2.42. The second-order valence-corrected chi connectivity index (χ2v) is 8.50. The number of benzene rings is 1. The van der Waals surface area contributed by atoms with Gasteiger partial charge in [0.25, 0.3) is 0 Å². The van der Waals surface area contributed by atoms with Gasteiger partial charge in [-0.15, -0.1) is 0 Å². The number of carboxylic acid groups (broad SMARTS) is 1. The summed E-state index contributed by atoms with van der Waals surface area (Å²) in [6.07, 6.45) is 1.55. The number of nitrogens with zero attached hydrogens (tertiary/aromatic N) is 1. The number of carboxylic acids is 1. The fraction of sp³-hybridized carbons (Fsp3) is 0.636. The summed E-state index contributed by atoms with van der Waals surface area (Å²) in [6.45, 7) is 7.21. The molecule has 0 saturated heterocycles. The van der Waals surface area contributed by atoms with Gasteiger partial charge in [-0.05, 0) is 41.7 Å². The smallest absolute Gasteiger partial charge is 0.305 e. The van der Waals surface area contributed by atoms with Crippen LogP contribution in [0, 0.1) is 23.2 Å². The van der Waals surface area contributed by atoms with E-state index in [0.29, 0.717) is 13.0 Å². The van der Waals surface area contributed by atoms with E-state index in [0.717, 1.165) is 18.4 Å². The predicted molar refractivity (Wildman–Crippen MR) is 103 cm³/mol. The van der Waals surface area contributed by atoms with Crippen LogP contribution in [-0.2, 0) is 14.9 Å². The van der Waals surface area contributed by atoms with Gasteiger partial charge in [0.2, 0.25) is 0 Å². The summed E-state index contributed by atoms with van der Waals surface area (Å²) < 4.78 is 5.37. The normalized spacial score (nSPS) is 25.3. The number of ether oxygens (including phenoxy) is 1. The third-order valence-electron chi connectivity index (χ3n) is 5.50. The van der Waals surface area contributed by atoms with E-state index in [1.165, 1.54) is 5.56 Å². The molecule has 2 rings (SSSR count). The van der Waals surface area contributed by atoms with Gasteiger partial charge in [0.15, 0.2) is 0 Å². The van der Waals surface area contributed by atoms with E-state index in [9.17, 15) is 15.2 Å². The summed E-state index contributed by atoms with van der Waals surface area (Å²) in [7, 11) is 0. The third kappa shape index (κ3) is 5.79. The Morgan fingerprint density at radius 3 is 2.48 bits per heavy atom. The molecule has 5 heteroatoms. The molecule has 0 heterocycles. The first-order valence-corrected chi connectivity index (χ1v) is 9.71. The van der Waals surface area contributed by atoms with E-state index >= 15 is 0 Å². The molecular weight excluding hydrogens is 342 g/mol. The molecule has 1 aromatic rings. The van der Waals surface area contributed by atoms with Crippen molar-refractivity contribution in [2.45, 2.75) is 63.9 Å². The minimum atomic E-state index is -0.864. The average Bonchev–Trinajstić information content (AvgIpc) is 2.92. The van der Waals surface area contributed by atoms with Gasteiger partial charge in [-0.1, -0.05) is 45.0 Å². The number of carbonyl (C=O) groups is 1. The Hall–Kier alpha value is -1.90. The first-order chi connectivity index (χ1) is 12.7. The Labute approximate surface area is 162 Å². The molecule has 1 saturated carbocycles. The zero-order valence-corrected chi connectivity index (χ0v) is 16.5. The number of aliphatic hydroxyl groups excluding tert-OH is 1. The number of aliphatic hydroxyl groups is 1. The SMILES string of the molecule is CC(C)(C)c1ccc(C2C(CCCOCCC(=O)O)[C@H](C#N)C[C@H]2O)cc1. The Balaban J connectivity index is 2.02. The molecule has 2 N–H and O–H groups in total. The second-order valence-electron chi connectivity index (χ2n) is 8.50. The van der Waals surface area contributed by atoms with Crippen LogP contribution >= 0.6 is 0 Å². The highest BCUT2D eigenvalue weighted by Crippen LogP contribution is 2.46. The lowest BCUT2D eigenvalue weighted by molar-refractivity contribution is -0.138. The number of hydrogen-bond donors (Lipinski definition) is 2. The topological polar surface area (TPSA) is 90.5 Å². The highest BCUT2D eigenvalue weighted by atomic mass is 16.5. The Bertz CT molecular complexity index is 656. The van der Waals surface area contributed by atoms with Crippen molar-refractivity contribution in [2.75, 3.05) is 13.2 Å². The molecule has 0 aromatic heterocycles. The van der Waals surface area contributed by atoms with Crippen molar-refractivity contribution in [1.29, 1.82) is 5.26 Å². The first kappa shape index (κ1) is 21.4. The van der Waals surface area contributed by atoms with Crippen LogP contribution in [0.2, 0.25) is 0 Å². The number of aliphatic carboxylic acids is 1. The molecule has 0 spiro atoms. The Morgan fingerprint density at radius 2 is 1.93 bits per heavy atom. The Kier molecular flexibility index (Phi) is 7.41. The third-order valence-corrected chi connectivity index (χ3v) is 5.50. The molecular formula is C22H31NO4. The lowest BCUT2D eigenvalue weighted by Crippen LogP contribution is -2.19. The minimum absolute atomic E-state index is 0.00567. The summed E-state index contributed by atoms with van der Waals surface area (Å²) in [4.78, 5) is 10.5. The van der Waals surface area contributed by atoms with Gasteiger partial charge in [-0.3, -0.25) is 4.79 Å². The fourth-order valence-corrected chi connectivity index (χ4v) is 4.00. The second kappa shape index (κ2) is 9.34. The van der Waals surface area contributed by atoms with Crippen LogP contribution in [0.25, 0.3) is 0 Å². The molecule has 0 amide bonds. The van der Waals surface area contributed by atoms with Crippen LogP contribution in [0.3, 0.4) is 0 Å². The van der Waals surface area contributed by atoms with Crippen LogP contribution in [0.5, 0.6) is 0 Å². The van der Waals surface area contributed by atoms with Crippen LogP contribution in [0.4, 0.5) is 0 Å². The van der Waals surface area contributed by atoms with Crippen molar-refractivity contribution < 1.29 is 19.7 Å². The van der Waals surface area contributed by atoms with E-state index in [4.69, 9.17) is 9.84 Å². The monoisotopic (exact) mass is 373 g/mol. The lowest BCUT2D eigenvalue weighted by Gasteiger charge is -2.25. The van der Waals surface area contributed by atoms with Gasteiger partial charge in [-0.25, -0.2) is 0 Å². The van der Waals surface area contributed by atoms with Crippen molar-refractivity contribution >= 4 is 5.97 Å². The van der Waals surface area contributed by atoms with Crippen LogP contribution in [0.15, 0.2) is 24.3 Å². The molecule has 4 atom stereocenters. The molecule has 5 nitrogen and oxygen atoms in total. The number of hydrogen-bond acceptors (Lipinski definition) is 4. The molecule has 1 fully saturated rings. The van der Waals surface area contributed by atoms with Crippen molar-refractivity contribution in [3.8, 4) is 6.07 Å². The summed E-state index contributed by atoms with van der Waals surface area (Å²) in [5.74, 6) is -0.972. The zero-order valence-electron chi connectivity index (χ0n) is 16.5. The molecule has 1 aromatic carbocycles. The highest BCUT2D eigenvalue weighted by Gasteiger charge is 2.43. The van der Waals surface area contributed by atoms with Crippen molar-refractivity contribution in [1.82, 2.24) is 0 Å². The minimum Gasteiger partial charge on any atom is -0.481 e. The van der Waals surface area contributed by atoms with Crippen molar-refractivity contribution in [2.24, 2.45) is 11.8 Å². The van der Waals surface area contributed by atoms with Crippen LogP contribution in [-0.4, -0.2) is 35.5 Å². The zero-order chi connectivity index (χ0) is 20.0. The van der Waals surface area contributed by atoms with Gasteiger partial charge in [0.1, 0.15) is 0 Å². The first-order valence-electron chi connectivity index (χ1n) is 9.71. The highest BCUT2D eigenvalue weighted by molar-refractivity contribution is 5.66. The van der Waals surface area contributed by atoms with Gasteiger partial charge in [-0.2, -0.15) is 5.26 Å². The van der Waals surface area contributed by atoms with Crippen LogP contribution in [0.1, 0.15) is 63.5 Å². The molecule has 0 aliphatic heterocycles. The number of rotatable bonds is 8.